The molecule has 0 unspecified atom stereocenters. The lowest BCUT2D eigenvalue weighted by Crippen LogP contribution is -2.48. The van der Waals surface area contributed by atoms with Crippen molar-refractivity contribution in [3.05, 3.63) is 35.9 Å². The van der Waals surface area contributed by atoms with Crippen LogP contribution in [0.5, 0.6) is 0 Å². The van der Waals surface area contributed by atoms with E-state index in [0.29, 0.717) is 38.3 Å². The van der Waals surface area contributed by atoms with E-state index < -0.39 is 22.2 Å². The Morgan fingerprint density at radius 1 is 1.16 bits per heavy atom. The molecule has 1 saturated heterocycles. The van der Waals surface area contributed by atoms with Crippen LogP contribution in [0.25, 0.3) is 0 Å². The molecule has 0 radical (unpaired) electrons. The van der Waals surface area contributed by atoms with Crippen LogP contribution in [0.1, 0.15) is 24.2 Å². The monoisotopic (exact) mass is 467 g/mol. The zero-order valence-corrected chi connectivity index (χ0v) is 18.2. The Bertz CT molecular complexity index is 811. The average molecular weight is 468 g/mol. The molecule has 1 aromatic rings. The van der Waals surface area contributed by atoms with Gasteiger partial charge in [-0.2, -0.15) is 17.5 Å². The fourth-order valence-electron chi connectivity index (χ4n) is 2.76. The van der Waals surface area contributed by atoms with Gasteiger partial charge in [-0.25, -0.2) is 13.2 Å². The molecule has 1 fully saturated rings. The van der Waals surface area contributed by atoms with E-state index in [1.165, 1.54) is 4.31 Å². The first-order valence-electron chi connectivity index (χ1n) is 9.67. The van der Waals surface area contributed by atoms with E-state index in [-0.39, 0.29) is 24.1 Å². The Balaban J connectivity index is 0.000000592. The number of piperazine rings is 1. The molecule has 1 aromatic carbocycles. The Morgan fingerprint density at radius 3 is 2.13 bits per heavy atom. The van der Waals surface area contributed by atoms with Crippen LogP contribution in [0, 0.1) is 5.92 Å². The minimum absolute atomic E-state index is 0.0295. The highest BCUT2D eigenvalue weighted by molar-refractivity contribution is 7.89. The molecule has 0 atom stereocenters. The summed E-state index contributed by atoms with van der Waals surface area (Å²) in [6.45, 7) is 7.17. The second-order valence-corrected chi connectivity index (χ2v) is 9.37. The number of carboxylic acids is 1. The number of carboxylic acid groups (broad SMARTS) is 1. The molecule has 0 aliphatic carbocycles. The smallest absolute Gasteiger partial charge is 0.475 e. The van der Waals surface area contributed by atoms with Gasteiger partial charge in [-0.3, -0.25) is 4.79 Å². The molecule has 8 nitrogen and oxygen atoms in total. The van der Waals surface area contributed by atoms with Gasteiger partial charge in [-0.1, -0.05) is 32.0 Å². The molecule has 0 saturated carbocycles. The summed E-state index contributed by atoms with van der Waals surface area (Å²) in [5.74, 6) is -2.62. The van der Waals surface area contributed by atoms with Crippen LogP contribution >= 0.6 is 0 Å². The first kappa shape index (κ1) is 26.9. The van der Waals surface area contributed by atoms with Gasteiger partial charge in [-0.15, -0.1) is 0 Å². The predicted octanol–water partition coefficient (Wildman–Crippen LogP) is 1.65. The molecule has 0 spiro atoms. The number of rotatable bonds is 7. The van der Waals surface area contributed by atoms with Gasteiger partial charge < -0.3 is 15.3 Å². The van der Waals surface area contributed by atoms with Crippen molar-refractivity contribution in [3.63, 3.8) is 0 Å². The summed E-state index contributed by atoms with van der Waals surface area (Å²) in [7, 11) is -3.33. The Kier molecular flexibility index (Phi) is 10.4. The summed E-state index contributed by atoms with van der Waals surface area (Å²) in [6, 6.07) is 9.02. The number of sulfonamides is 1. The highest BCUT2D eigenvalue weighted by atomic mass is 32.2. The second-order valence-electron chi connectivity index (χ2n) is 7.28. The number of carbonyl (C=O) groups excluding carboxylic acids is 1. The first-order valence-corrected chi connectivity index (χ1v) is 11.3. The Labute approximate surface area is 180 Å². The SMILES string of the molecule is CC(C)CN(CCS(=O)(=O)N1CCNCC1)C(=O)c1ccccc1.O=C(O)C(F)(F)F. The van der Waals surface area contributed by atoms with Crippen LogP contribution in [0.15, 0.2) is 30.3 Å². The summed E-state index contributed by atoms with van der Waals surface area (Å²) >= 11 is 0. The molecule has 1 aliphatic rings. The molecular weight excluding hydrogens is 439 g/mol. The van der Waals surface area contributed by atoms with Gasteiger partial charge in [0.2, 0.25) is 10.0 Å². The van der Waals surface area contributed by atoms with Crippen LogP contribution in [0.4, 0.5) is 13.2 Å². The Morgan fingerprint density at radius 2 is 1.68 bits per heavy atom. The Hall–Kier alpha value is -2.18. The lowest BCUT2D eigenvalue weighted by atomic mass is 10.1. The number of alkyl halides is 3. The minimum atomic E-state index is -5.08. The van der Waals surface area contributed by atoms with Gasteiger partial charge in [0.25, 0.3) is 5.91 Å². The van der Waals surface area contributed by atoms with Crippen molar-refractivity contribution >= 4 is 21.9 Å². The average Bonchev–Trinajstić information content (AvgIpc) is 2.71. The van der Waals surface area contributed by atoms with Crippen molar-refractivity contribution < 1.29 is 36.3 Å². The summed E-state index contributed by atoms with van der Waals surface area (Å²) in [6.07, 6.45) is -5.08. The number of hydrogen-bond acceptors (Lipinski definition) is 5. The summed E-state index contributed by atoms with van der Waals surface area (Å²) in [5, 5.41) is 10.3. The number of nitrogens with zero attached hydrogens (tertiary/aromatic N) is 2. The van der Waals surface area contributed by atoms with Gasteiger partial charge in [-0.05, 0) is 18.1 Å². The molecule has 2 rings (SSSR count). The maximum Gasteiger partial charge on any atom is 0.490 e. The standard InChI is InChI=1S/C17H27N3O3S.C2HF3O2/c1-15(2)14-19(17(21)16-6-4-3-5-7-16)12-13-24(22,23)20-10-8-18-9-11-20;3-2(4,5)1(6)7/h3-7,15,18H,8-14H2,1-2H3;(H,6,7). The van der Waals surface area contributed by atoms with Gasteiger partial charge in [0.1, 0.15) is 0 Å². The maximum atomic E-state index is 12.7. The fourth-order valence-corrected chi connectivity index (χ4v) is 4.21. The maximum absolute atomic E-state index is 12.7. The third-order valence-electron chi connectivity index (χ3n) is 4.22. The van der Waals surface area contributed by atoms with Crippen molar-refractivity contribution in [1.29, 1.82) is 0 Å². The molecule has 176 valence electrons. The molecule has 0 aromatic heterocycles. The van der Waals surface area contributed by atoms with E-state index in [2.05, 4.69) is 5.32 Å². The molecule has 2 N–H and O–H groups in total. The van der Waals surface area contributed by atoms with E-state index in [1.54, 1.807) is 17.0 Å². The first-order chi connectivity index (χ1) is 14.3. The van der Waals surface area contributed by atoms with E-state index >= 15 is 0 Å². The van der Waals surface area contributed by atoms with Crippen LogP contribution in [-0.2, 0) is 14.8 Å². The van der Waals surface area contributed by atoms with Crippen molar-refractivity contribution in [3.8, 4) is 0 Å². The summed E-state index contributed by atoms with van der Waals surface area (Å²) < 4.78 is 58.2. The zero-order valence-electron chi connectivity index (χ0n) is 17.4. The van der Waals surface area contributed by atoms with Crippen molar-refractivity contribution in [2.45, 2.75) is 20.0 Å². The number of carbonyl (C=O) groups is 2. The van der Waals surface area contributed by atoms with Gasteiger partial charge >= 0.3 is 12.1 Å². The van der Waals surface area contributed by atoms with Gasteiger partial charge in [0, 0.05) is 44.8 Å². The minimum Gasteiger partial charge on any atom is -0.475 e. The van der Waals surface area contributed by atoms with Crippen LogP contribution < -0.4 is 5.32 Å². The number of nitrogens with one attached hydrogen (secondary N) is 1. The van der Waals surface area contributed by atoms with Gasteiger partial charge in [0.15, 0.2) is 0 Å². The summed E-state index contributed by atoms with van der Waals surface area (Å²) in [5.41, 5.74) is 0.595. The normalized spacial score (nSPS) is 15.2. The lowest BCUT2D eigenvalue weighted by Gasteiger charge is -2.29. The molecule has 31 heavy (non-hydrogen) atoms. The van der Waals surface area contributed by atoms with Crippen LogP contribution in [-0.4, -0.2) is 85.8 Å². The van der Waals surface area contributed by atoms with Gasteiger partial charge in [0.05, 0.1) is 5.75 Å². The highest BCUT2D eigenvalue weighted by Gasteiger charge is 2.38. The molecule has 12 heteroatoms. The van der Waals surface area contributed by atoms with E-state index in [4.69, 9.17) is 9.90 Å². The zero-order chi connectivity index (χ0) is 23.7. The molecule has 1 heterocycles. The van der Waals surface area contributed by atoms with E-state index in [1.807, 2.05) is 32.0 Å². The highest BCUT2D eigenvalue weighted by Crippen LogP contribution is 2.13. The quantitative estimate of drug-likeness (QED) is 0.632. The number of benzene rings is 1. The summed E-state index contributed by atoms with van der Waals surface area (Å²) in [4.78, 5) is 23.2. The largest absolute Gasteiger partial charge is 0.490 e. The van der Waals surface area contributed by atoms with Crippen LogP contribution in [0.3, 0.4) is 0 Å². The van der Waals surface area contributed by atoms with E-state index in [9.17, 15) is 26.4 Å². The third kappa shape index (κ3) is 9.66. The van der Waals surface area contributed by atoms with Crippen molar-refractivity contribution in [2.75, 3.05) is 45.0 Å². The number of hydrogen-bond donors (Lipinski definition) is 2. The third-order valence-corrected chi connectivity index (χ3v) is 6.07. The topological polar surface area (TPSA) is 107 Å². The molecule has 0 bridgehead atoms. The fraction of sp³-hybridized carbons (Fsp3) is 0.579. The molecular formula is C19H28F3N3O5S. The van der Waals surface area contributed by atoms with Crippen molar-refractivity contribution in [2.24, 2.45) is 5.92 Å². The number of halogens is 3. The van der Waals surface area contributed by atoms with E-state index in [0.717, 1.165) is 0 Å². The molecule has 1 aliphatic heterocycles. The number of amides is 1. The van der Waals surface area contributed by atoms with Crippen LogP contribution in [0.2, 0.25) is 0 Å². The van der Waals surface area contributed by atoms with Crippen molar-refractivity contribution in [1.82, 2.24) is 14.5 Å². The lowest BCUT2D eigenvalue weighted by molar-refractivity contribution is -0.192. The molecule has 1 amide bonds. The number of aliphatic carboxylic acids is 1. The second kappa shape index (κ2) is 12.0. The predicted molar refractivity (Wildman–Crippen MR) is 109 cm³/mol.